The molecular weight excluding hydrogens is 264 g/mol. The number of carbonyl (C=O) groups excluding carboxylic acids is 2. The molecule has 0 unspecified atom stereocenters. The predicted octanol–water partition coefficient (Wildman–Crippen LogP) is -1.12. The van der Waals surface area contributed by atoms with Gasteiger partial charge in [0.05, 0.1) is 13.2 Å². The minimum atomic E-state index is -3.94. The molecule has 18 heavy (non-hydrogen) atoms. The van der Waals surface area contributed by atoms with Crippen LogP contribution in [0.4, 0.5) is 0 Å². The van der Waals surface area contributed by atoms with E-state index in [1.807, 2.05) is 4.72 Å². The minimum absolute atomic E-state index is 0.0262. The summed E-state index contributed by atoms with van der Waals surface area (Å²) in [6, 6.07) is -1.70. The Morgan fingerprint density at radius 1 is 1.11 bits per heavy atom. The third-order valence-electron chi connectivity index (χ3n) is 1.79. The predicted molar refractivity (Wildman–Crippen MR) is 62.8 cm³/mol. The van der Waals surface area contributed by atoms with E-state index >= 15 is 0 Å². The molecule has 9 heteroatoms. The van der Waals surface area contributed by atoms with Crippen molar-refractivity contribution >= 4 is 22.1 Å². The molecule has 0 aromatic heterocycles. The number of ether oxygens (including phenoxy) is 2. The molecule has 0 aromatic rings. The van der Waals surface area contributed by atoms with Crippen LogP contribution in [-0.2, 0) is 29.3 Å². The lowest BCUT2D eigenvalue weighted by atomic mass is 10.3. The average Bonchev–Trinajstić information content (AvgIpc) is 2.26. The summed E-state index contributed by atoms with van der Waals surface area (Å²) in [6.45, 7) is 3.14. The summed E-state index contributed by atoms with van der Waals surface area (Å²) in [7, 11) is -1.42. The van der Waals surface area contributed by atoms with Gasteiger partial charge in [-0.05, 0) is 13.8 Å². The highest BCUT2D eigenvalue weighted by atomic mass is 32.2. The topological polar surface area (TPSA) is 102 Å². The second-order valence-electron chi connectivity index (χ2n) is 3.34. The summed E-state index contributed by atoms with van der Waals surface area (Å²) >= 11 is 0. The van der Waals surface area contributed by atoms with Crippen LogP contribution in [0.3, 0.4) is 0 Å². The fraction of sp³-hybridized carbons (Fsp3) is 0.778. The molecule has 106 valence electrons. The summed E-state index contributed by atoms with van der Waals surface area (Å²) in [5, 5.41) is 0. The average molecular weight is 282 g/mol. The molecule has 0 saturated carbocycles. The zero-order valence-electron chi connectivity index (χ0n) is 10.8. The van der Waals surface area contributed by atoms with Crippen LogP contribution in [0.1, 0.15) is 13.8 Å². The first kappa shape index (κ1) is 16.8. The van der Waals surface area contributed by atoms with Crippen molar-refractivity contribution in [1.29, 1.82) is 0 Å². The molecule has 0 spiro atoms. The van der Waals surface area contributed by atoms with Crippen molar-refractivity contribution in [2.24, 2.45) is 0 Å². The Morgan fingerprint density at radius 3 is 1.78 bits per heavy atom. The quantitative estimate of drug-likeness (QED) is 0.468. The molecule has 0 bridgehead atoms. The molecule has 0 rings (SSSR count). The zero-order chi connectivity index (χ0) is 14.3. The molecule has 0 saturated heterocycles. The first-order valence-electron chi connectivity index (χ1n) is 5.29. The zero-order valence-corrected chi connectivity index (χ0v) is 11.6. The van der Waals surface area contributed by atoms with Crippen LogP contribution in [0.25, 0.3) is 0 Å². The molecule has 0 amide bonds. The van der Waals surface area contributed by atoms with E-state index in [9.17, 15) is 18.0 Å². The van der Waals surface area contributed by atoms with Crippen molar-refractivity contribution in [1.82, 2.24) is 9.03 Å². The Kier molecular flexibility index (Phi) is 6.81. The van der Waals surface area contributed by atoms with Gasteiger partial charge in [-0.3, -0.25) is 0 Å². The van der Waals surface area contributed by atoms with Crippen molar-refractivity contribution in [3.05, 3.63) is 0 Å². The molecule has 0 fully saturated rings. The lowest BCUT2D eigenvalue weighted by molar-refractivity contribution is -0.157. The van der Waals surface area contributed by atoms with Crippen LogP contribution in [-0.4, -0.2) is 58.0 Å². The van der Waals surface area contributed by atoms with Crippen LogP contribution < -0.4 is 4.72 Å². The van der Waals surface area contributed by atoms with Gasteiger partial charge in [0.15, 0.2) is 0 Å². The Hall–Kier alpha value is -1.19. The van der Waals surface area contributed by atoms with Crippen LogP contribution >= 0.6 is 0 Å². The summed E-state index contributed by atoms with van der Waals surface area (Å²) < 4.78 is 35.1. The maximum Gasteiger partial charge on any atom is 0.335 e. The fourth-order valence-electron chi connectivity index (χ4n) is 0.898. The second kappa shape index (κ2) is 7.29. The van der Waals surface area contributed by atoms with Crippen molar-refractivity contribution in [3.8, 4) is 0 Å². The van der Waals surface area contributed by atoms with Crippen molar-refractivity contribution in [3.63, 3.8) is 0 Å². The first-order valence-corrected chi connectivity index (χ1v) is 6.73. The van der Waals surface area contributed by atoms with E-state index in [-0.39, 0.29) is 13.2 Å². The van der Waals surface area contributed by atoms with Gasteiger partial charge in [0.2, 0.25) is 6.04 Å². The van der Waals surface area contributed by atoms with Crippen LogP contribution in [0.2, 0.25) is 0 Å². The first-order chi connectivity index (χ1) is 8.26. The highest BCUT2D eigenvalue weighted by Crippen LogP contribution is 1.99. The lowest BCUT2D eigenvalue weighted by Crippen LogP contribution is -2.51. The number of carbonyl (C=O) groups is 2. The Balaban J connectivity index is 5.00. The number of nitrogens with one attached hydrogen (secondary N) is 1. The molecule has 0 aliphatic carbocycles. The number of nitrogens with zero attached hydrogens (tertiary/aromatic N) is 1. The van der Waals surface area contributed by atoms with Gasteiger partial charge in [-0.2, -0.15) is 17.4 Å². The van der Waals surface area contributed by atoms with Gasteiger partial charge in [-0.1, -0.05) is 0 Å². The fourth-order valence-corrected chi connectivity index (χ4v) is 1.60. The van der Waals surface area contributed by atoms with Gasteiger partial charge in [0.25, 0.3) is 10.2 Å². The van der Waals surface area contributed by atoms with Crippen molar-refractivity contribution in [2.45, 2.75) is 19.9 Å². The van der Waals surface area contributed by atoms with E-state index in [0.29, 0.717) is 0 Å². The van der Waals surface area contributed by atoms with Gasteiger partial charge in [0, 0.05) is 14.1 Å². The van der Waals surface area contributed by atoms with Crippen LogP contribution in [0, 0.1) is 0 Å². The highest BCUT2D eigenvalue weighted by molar-refractivity contribution is 7.87. The molecule has 1 N–H and O–H groups in total. The molecule has 8 nitrogen and oxygen atoms in total. The standard InChI is InChI=1S/C9H18N2O6S/c1-5-16-8(12)7(9(13)17-6-2)10-18(14,15)11(3)4/h7,10H,5-6H2,1-4H3. The summed E-state index contributed by atoms with van der Waals surface area (Å²) in [5.41, 5.74) is 0. The number of hydrogen-bond donors (Lipinski definition) is 1. The largest absolute Gasteiger partial charge is 0.464 e. The number of hydrogen-bond acceptors (Lipinski definition) is 6. The van der Waals surface area contributed by atoms with Gasteiger partial charge in [0.1, 0.15) is 0 Å². The summed E-state index contributed by atoms with van der Waals surface area (Å²) in [5.74, 6) is -2.00. The van der Waals surface area contributed by atoms with Gasteiger partial charge in [-0.15, -0.1) is 0 Å². The maximum atomic E-state index is 11.6. The monoisotopic (exact) mass is 282 g/mol. The Labute approximate surface area is 106 Å². The second-order valence-corrected chi connectivity index (χ2v) is 5.26. The number of esters is 2. The third kappa shape index (κ3) is 4.98. The van der Waals surface area contributed by atoms with Gasteiger partial charge < -0.3 is 9.47 Å². The summed E-state index contributed by atoms with van der Waals surface area (Å²) in [6.07, 6.45) is 0. The van der Waals surface area contributed by atoms with Crippen molar-refractivity contribution in [2.75, 3.05) is 27.3 Å². The highest BCUT2D eigenvalue weighted by Gasteiger charge is 2.34. The van der Waals surface area contributed by atoms with Crippen LogP contribution in [0.5, 0.6) is 0 Å². The molecule has 0 heterocycles. The maximum absolute atomic E-state index is 11.6. The molecule has 0 aliphatic rings. The Bertz CT molecular complexity index is 374. The van der Waals surface area contributed by atoms with Gasteiger partial charge >= 0.3 is 11.9 Å². The lowest BCUT2D eigenvalue weighted by Gasteiger charge is -2.18. The Morgan fingerprint density at radius 2 is 1.50 bits per heavy atom. The van der Waals surface area contributed by atoms with E-state index in [1.165, 1.54) is 14.1 Å². The SMILES string of the molecule is CCOC(=O)C(NS(=O)(=O)N(C)C)C(=O)OCC. The number of rotatable bonds is 7. The summed E-state index contributed by atoms with van der Waals surface area (Å²) in [4.78, 5) is 23.0. The normalized spacial score (nSPS) is 11.7. The van der Waals surface area contributed by atoms with E-state index in [4.69, 9.17) is 0 Å². The molecule has 0 radical (unpaired) electrons. The molecule has 0 aliphatic heterocycles. The molecular formula is C9H18N2O6S. The molecule has 0 aromatic carbocycles. The van der Waals surface area contributed by atoms with E-state index in [2.05, 4.69) is 9.47 Å². The molecule has 0 atom stereocenters. The third-order valence-corrected chi connectivity index (χ3v) is 3.29. The smallest absolute Gasteiger partial charge is 0.335 e. The van der Waals surface area contributed by atoms with E-state index in [0.717, 1.165) is 4.31 Å². The van der Waals surface area contributed by atoms with E-state index in [1.54, 1.807) is 13.8 Å². The van der Waals surface area contributed by atoms with Gasteiger partial charge in [-0.25, -0.2) is 9.59 Å². The van der Waals surface area contributed by atoms with Crippen molar-refractivity contribution < 1.29 is 27.5 Å². The van der Waals surface area contributed by atoms with Crippen LogP contribution in [0.15, 0.2) is 0 Å². The minimum Gasteiger partial charge on any atom is -0.464 e. The van der Waals surface area contributed by atoms with E-state index < -0.39 is 28.2 Å².